The minimum absolute atomic E-state index is 0.0326. The quantitative estimate of drug-likeness (QED) is 0.712. The molecule has 184 valence electrons. The van der Waals surface area contributed by atoms with E-state index in [0.29, 0.717) is 19.6 Å². The lowest BCUT2D eigenvalue weighted by Gasteiger charge is -2.36. The Labute approximate surface area is 200 Å². The average molecular weight is 470 g/mol. The number of piperidine rings is 1. The van der Waals surface area contributed by atoms with Gasteiger partial charge in [-0.25, -0.2) is 0 Å². The summed E-state index contributed by atoms with van der Waals surface area (Å²) >= 11 is 0. The molecule has 34 heavy (non-hydrogen) atoms. The Hall–Kier alpha value is -2.45. The lowest BCUT2D eigenvalue weighted by molar-refractivity contribution is -0.149. The van der Waals surface area contributed by atoms with Gasteiger partial charge in [0.2, 0.25) is 11.8 Å². The summed E-state index contributed by atoms with van der Waals surface area (Å²) in [5, 5.41) is 10.4. The van der Waals surface area contributed by atoms with Crippen LogP contribution >= 0.6 is 0 Å². The van der Waals surface area contributed by atoms with E-state index in [1.807, 2.05) is 17.0 Å². The van der Waals surface area contributed by atoms with Gasteiger partial charge in [-0.3, -0.25) is 14.4 Å². The molecule has 0 saturated carbocycles. The van der Waals surface area contributed by atoms with Crippen LogP contribution in [0.3, 0.4) is 0 Å². The highest BCUT2D eigenvalue weighted by molar-refractivity contribution is 5.90. The van der Waals surface area contributed by atoms with Crippen LogP contribution in [0.15, 0.2) is 23.0 Å². The standard InChI is InChI=1S/C26H35N3O5/c1-34-16-22(31)29-23-19(20(15-30)24(29)26(33)27-12-6-3-7-13-27)14-28-21(23)11-10-18(25(28)32)17-8-4-2-5-9-17/h8,10-11,19-20,23-24,30H,2-7,9,12-16H2,1H3/t19-,20-,23+,24-/m0/s1. The predicted molar refractivity (Wildman–Crippen MR) is 127 cm³/mol. The summed E-state index contributed by atoms with van der Waals surface area (Å²) in [7, 11) is 1.47. The summed E-state index contributed by atoms with van der Waals surface area (Å²) in [4.78, 5) is 44.0. The number of rotatable bonds is 5. The Morgan fingerprint density at radius 3 is 2.59 bits per heavy atom. The van der Waals surface area contributed by atoms with Crippen LogP contribution in [0, 0.1) is 11.8 Å². The molecule has 0 unspecified atom stereocenters. The summed E-state index contributed by atoms with van der Waals surface area (Å²) in [6, 6.07) is 2.69. The molecule has 1 aliphatic carbocycles. The summed E-state index contributed by atoms with van der Waals surface area (Å²) in [6.07, 6.45) is 9.33. The molecular weight excluding hydrogens is 434 g/mol. The number of ether oxygens (including phenoxy) is 1. The first-order valence-corrected chi connectivity index (χ1v) is 12.7. The highest BCUT2D eigenvalue weighted by Crippen LogP contribution is 2.49. The Kier molecular flexibility index (Phi) is 6.62. The van der Waals surface area contributed by atoms with Crippen LogP contribution < -0.4 is 5.56 Å². The molecule has 5 rings (SSSR count). The molecule has 4 aliphatic rings. The maximum Gasteiger partial charge on any atom is 0.258 e. The van der Waals surface area contributed by atoms with Gasteiger partial charge in [0.25, 0.3) is 5.56 Å². The lowest BCUT2D eigenvalue weighted by Crippen LogP contribution is -2.53. The molecule has 8 nitrogen and oxygen atoms in total. The van der Waals surface area contributed by atoms with E-state index < -0.39 is 18.0 Å². The number of aliphatic hydroxyl groups excluding tert-OH is 1. The highest BCUT2D eigenvalue weighted by atomic mass is 16.5. The van der Waals surface area contributed by atoms with E-state index >= 15 is 0 Å². The molecule has 4 heterocycles. The van der Waals surface area contributed by atoms with Crippen LogP contribution in [-0.2, 0) is 20.9 Å². The van der Waals surface area contributed by atoms with Gasteiger partial charge in [-0.05, 0) is 62.7 Å². The number of carbonyl (C=O) groups is 2. The van der Waals surface area contributed by atoms with Gasteiger partial charge in [0.15, 0.2) is 0 Å². The number of carbonyl (C=O) groups excluding carboxylic acids is 2. The second-order valence-corrected chi connectivity index (χ2v) is 10.1. The van der Waals surface area contributed by atoms with E-state index in [2.05, 4.69) is 6.08 Å². The molecule has 0 aromatic carbocycles. The second kappa shape index (κ2) is 9.66. The Balaban J connectivity index is 1.54. The van der Waals surface area contributed by atoms with Crippen LogP contribution in [0.4, 0.5) is 0 Å². The molecule has 1 aromatic rings. The van der Waals surface area contributed by atoms with Crippen LogP contribution in [0.5, 0.6) is 0 Å². The van der Waals surface area contributed by atoms with Gasteiger partial charge < -0.3 is 24.2 Å². The van der Waals surface area contributed by atoms with Crippen molar-refractivity contribution in [3.63, 3.8) is 0 Å². The molecule has 0 radical (unpaired) electrons. The zero-order valence-electron chi connectivity index (χ0n) is 19.9. The number of likely N-dealkylation sites (tertiary alicyclic amines) is 2. The van der Waals surface area contributed by atoms with Gasteiger partial charge in [0.05, 0.1) is 6.04 Å². The third-order valence-electron chi connectivity index (χ3n) is 8.19. The number of methoxy groups -OCH3 is 1. The summed E-state index contributed by atoms with van der Waals surface area (Å²) < 4.78 is 6.94. The molecule has 4 atom stereocenters. The third-order valence-corrected chi connectivity index (χ3v) is 8.19. The normalized spacial score (nSPS) is 28.5. The Morgan fingerprint density at radius 1 is 1.12 bits per heavy atom. The minimum atomic E-state index is -0.731. The first kappa shape index (κ1) is 23.3. The van der Waals surface area contributed by atoms with Gasteiger partial charge in [-0.2, -0.15) is 0 Å². The molecule has 0 spiro atoms. The fourth-order valence-corrected chi connectivity index (χ4v) is 6.58. The fraction of sp³-hybridized carbons (Fsp3) is 0.654. The maximum atomic E-state index is 13.7. The minimum Gasteiger partial charge on any atom is -0.396 e. The van der Waals surface area contributed by atoms with Gasteiger partial charge in [-0.15, -0.1) is 0 Å². The Bertz CT molecular complexity index is 1040. The van der Waals surface area contributed by atoms with Crippen molar-refractivity contribution in [3.8, 4) is 0 Å². The molecule has 1 N–H and O–H groups in total. The molecule has 0 bridgehead atoms. The molecule has 3 aliphatic heterocycles. The van der Waals surface area contributed by atoms with Gasteiger partial charge in [-0.1, -0.05) is 6.08 Å². The molecular formula is C26H35N3O5. The maximum absolute atomic E-state index is 13.7. The van der Waals surface area contributed by atoms with Crippen molar-refractivity contribution in [2.75, 3.05) is 33.4 Å². The Morgan fingerprint density at radius 2 is 1.91 bits per heavy atom. The van der Waals surface area contributed by atoms with Crippen molar-refractivity contribution >= 4 is 17.4 Å². The van der Waals surface area contributed by atoms with Crippen molar-refractivity contribution in [3.05, 3.63) is 39.8 Å². The van der Waals surface area contributed by atoms with Gasteiger partial charge >= 0.3 is 0 Å². The topological polar surface area (TPSA) is 92.1 Å². The molecule has 1 aromatic heterocycles. The number of hydrogen-bond donors (Lipinski definition) is 1. The summed E-state index contributed by atoms with van der Waals surface area (Å²) in [5.74, 6) is -0.969. The number of aliphatic hydroxyl groups is 1. The number of allylic oxidation sites excluding steroid dienone is 2. The number of pyridine rings is 1. The van der Waals surface area contributed by atoms with Crippen molar-refractivity contribution in [2.24, 2.45) is 11.8 Å². The van der Waals surface area contributed by atoms with Gasteiger partial charge in [0.1, 0.15) is 12.6 Å². The van der Waals surface area contributed by atoms with Crippen molar-refractivity contribution < 1.29 is 19.4 Å². The van der Waals surface area contributed by atoms with E-state index in [-0.39, 0.29) is 36.5 Å². The third kappa shape index (κ3) is 3.81. The zero-order chi connectivity index (χ0) is 23.8. The predicted octanol–water partition coefficient (Wildman–Crippen LogP) is 1.95. The van der Waals surface area contributed by atoms with Crippen molar-refractivity contribution in [2.45, 2.75) is 63.6 Å². The second-order valence-electron chi connectivity index (χ2n) is 10.1. The molecule has 8 heteroatoms. The van der Waals surface area contributed by atoms with E-state index in [0.717, 1.165) is 61.8 Å². The van der Waals surface area contributed by atoms with E-state index in [4.69, 9.17) is 4.74 Å². The first-order valence-electron chi connectivity index (χ1n) is 12.7. The number of hydrogen-bond acceptors (Lipinski definition) is 5. The van der Waals surface area contributed by atoms with E-state index in [9.17, 15) is 19.5 Å². The fourth-order valence-electron chi connectivity index (χ4n) is 6.58. The molecule has 2 fully saturated rings. The number of aromatic nitrogens is 1. The van der Waals surface area contributed by atoms with E-state index in [1.54, 1.807) is 9.47 Å². The smallest absolute Gasteiger partial charge is 0.258 e. The number of fused-ring (bicyclic) bond motifs is 3. The molecule has 2 amide bonds. The van der Waals surface area contributed by atoms with Crippen LogP contribution in [0.25, 0.3) is 5.57 Å². The summed E-state index contributed by atoms with van der Waals surface area (Å²) in [6.45, 7) is 1.43. The highest BCUT2D eigenvalue weighted by Gasteiger charge is 2.57. The SMILES string of the molecule is COCC(=O)N1[C@H](C(=O)N2CCCCC2)[C@@H](CO)[C@@H]2Cn3c(ccc(C4=CCCCC4)c3=O)[C@@H]21. The first-order chi connectivity index (χ1) is 16.6. The zero-order valence-corrected chi connectivity index (χ0v) is 19.9. The van der Waals surface area contributed by atoms with Crippen LogP contribution in [0.1, 0.15) is 62.2 Å². The van der Waals surface area contributed by atoms with Crippen molar-refractivity contribution in [1.82, 2.24) is 14.4 Å². The van der Waals surface area contributed by atoms with E-state index in [1.165, 1.54) is 7.11 Å². The van der Waals surface area contributed by atoms with Gasteiger partial charge in [0, 0.05) is 56.4 Å². The van der Waals surface area contributed by atoms with Crippen LogP contribution in [-0.4, -0.2) is 70.7 Å². The lowest BCUT2D eigenvalue weighted by atomic mass is 9.88. The monoisotopic (exact) mass is 469 g/mol. The average Bonchev–Trinajstić information content (AvgIpc) is 3.40. The number of amides is 2. The van der Waals surface area contributed by atoms with Crippen molar-refractivity contribution in [1.29, 1.82) is 0 Å². The summed E-state index contributed by atoms with van der Waals surface area (Å²) in [5.41, 5.74) is 2.56. The number of nitrogens with zero attached hydrogens (tertiary/aromatic N) is 3. The molecule has 2 saturated heterocycles. The van der Waals surface area contributed by atoms with Crippen LogP contribution in [0.2, 0.25) is 0 Å². The largest absolute Gasteiger partial charge is 0.396 e.